The minimum Gasteiger partial charge on any atom is -0.507 e. The van der Waals surface area contributed by atoms with Gasteiger partial charge < -0.3 is 26.0 Å². The van der Waals surface area contributed by atoms with Crippen LogP contribution in [-0.2, 0) is 20.2 Å². The first-order chi connectivity index (χ1) is 21.6. The fraction of sp³-hybridized carbons (Fsp3) is 0.0345. The molecule has 0 aliphatic carbocycles. The van der Waals surface area contributed by atoms with Gasteiger partial charge in [0.1, 0.15) is 16.3 Å². The van der Waals surface area contributed by atoms with Crippen LogP contribution in [-0.4, -0.2) is 53.2 Å². The van der Waals surface area contributed by atoms with Gasteiger partial charge >= 0.3 is 6.03 Å². The van der Waals surface area contributed by atoms with Crippen LogP contribution in [0, 0.1) is 0 Å². The van der Waals surface area contributed by atoms with Crippen molar-refractivity contribution in [3.63, 3.8) is 0 Å². The number of fused-ring (bicyclic) bond motifs is 2. The smallest absolute Gasteiger partial charge is 0.323 e. The molecule has 5 rings (SSSR count). The summed E-state index contributed by atoms with van der Waals surface area (Å²) in [5.41, 5.74) is 0.512. The van der Waals surface area contributed by atoms with Gasteiger partial charge in [-0.1, -0.05) is 0 Å². The van der Waals surface area contributed by atoms with Crippen LogP contribution >= 0.6 is 0 Å². The van der Waals surface area contributed by atoms with Gasteiger partial charge in [-0.05, 0) is 83.6 Å². The number of hydrogen-bond donors (Lipinski definition) is 7. The van der Waals surface area contributed by atoms with Gasteiger partial charge in [0.05, 0.1) is 16.3 Å². The quantitative estimate of drug-likeness (QED) is 0.0426. The molecule has 0 radical (unpaired) electrons. The second kappa shape index (κ2) is 12.1. The second-order valence-electron chi connectivity index (χ2n) is 9.79. The van der Waals surface area contributed by atoms with Gasteiger partial charge in [-0.25, -0.2) is 9.79 Å². The average molecular weight is 666 g/mol. The SMILES string of the molecule is CC(O)=Nc1ccc(N=Nc2c(S(=O)(=O)O)cc3cc(NC(=O)Nc4ccc5c(O)cc(S(=O)(=O)O)cc5c4)ccc3c2O)cc1. The number of benzene rings is 5. The van der Waals surface area contributed by atoms with E-state index in [0.717, 1.165) is 18.2 Å². The minimum absolute atomic E-state index is 0.113. The van der Waals surface area contributed by atoms with Crippen LogP contribution in [0.5, 0.6) is 11.5 Å². The van der Waals surface area contributed by atoms with Crippen LogP contribution in [0.2, 0.25) is 0 Å². The average Bonchev–Trinajstić information content (AvgIpc) is 2.95. The number of hydrogen-bond acceptors (Lipinski definition) is 10. The molecule has 0 fully saturated rings. The molecule has 0 unspecified atom stereocenters. The maximum absolute atomic E-state index is 12.7. The van der Waals surface area contributed by atoms with Gasteiger partial charge in [-0.3, -0.25) is 9.11 Å². The first-order valence-corrected chi connectivity index (χ1v) is 15.8. The summed E-state index contributed by atoms with van der Waals surface area (Å²) in [6.07, 6.45) is 0. The number of carbonyl (C=O) groups excluding carboxylic acids is 1. The molecular weight excluding hydrogens is 642 g/mol. The summed E-state index contributed by atoms with van der Waals surface area (Å²) in [4.78, 5) is 15.3. The Morgan fingerprint density at radius 3 is 1.83 bits per heavy atom. The number of amides is 2. The molecule has 0 heterocycles. The molecule has 0 aliphatic heterocycles. The van der Waals surface area contributed by atoms with Crippen molar-refractivity contribution in [1.29, 1.82) is 0 Å². The normalized spacial score (nSPS) is 12.5. The first kappa shape index (κ1) is 31.8. The first-order valence-electron chi connectivity index (χ1n) is 12.9. The van der Waals surface area contributed by atoms with E-state index in [9.17, 15) is 46.1 Å². The molecule has 2 amide bonds. The largest absolute Gasteiger partial charge is 0.507 e. The molecule has 0 aromatic heterocycles. The standard InChI is InChI=1S/C29H23N5O10S2/c1-15(35)30-18-2-4-19(5-3-18)33-34-27-26(46(42,43)44)13-17-11-21(7-9-24(17)28(27)37)32-29(38)31-20-6-8-23-16(10-20)12-22(14-25(23)36)45(39,40)41/h2-14,36-37H,1H3,(H,30,35)(H2,31,32,38)(H,39,40,41)(H,42,43,44). The Kier molecular flexibility index (Phi) is 8.33. The summed E-state index contributed by atoms with van der Waals surface area (Å²) >= 11 is 0. The van der Waals surface area contributed by atoms with Gasteiger partial charge in [0.25, 0.3) is 20.2 Å². The summed E-state index contributed by atoms with van der Waals surface area (Å²) in [5, 5.41) is 43.9. The van der Waals surface area contributed by atoms with Gasteiger partial charge in [-0.15, -0.1) is 5.11 Å². The maximum Gasteiger partial charge on any atom is 0.323 e. The highest BCUT2D eigenvalue weighted by atomic mass is 32.2. The predicted molar refractivity (Wildman–Crippen MR) is 170 cm³/mol. The van der Waals surface area contributed by atoms with Crippen molar-refractivity contribution in [2.75, 3.05) is 10.6 Å². The van der Waals surface area contributed by atoms with E-state index in [0.29, 0.717) is 5.69 Å². The summed E-state index contributed by atoms with van der Waals surface area (Å²) < 4.78 is 66.7. The molecule has 46 heavy (non-hydrogen) atoms. The van der Waals surface area contributed by atoms with Crippen molar-refractivity contribution in [2.45, 2.75) is 16.7 Å². The number of urea groups is 1. The number of nitrogens with one attached hydrogen (secondary N) is 2. The van der Waals surface area contributed by atoms with Gasteiger partial charge in [-0.2, -0.15) is 21.9 Å². The molecule has 15 nitrogen and oxygen atoms in total. The number of anilines is 2. The zero-order chi connectivity index (χ0) is 33.4. The Morgan fingerprint density at radius 2 is 1.26 bits per heavy atom. The van der Waals surface area contributed by atoms with Gasteiger partial charge in [0, 0.05) is 35.1 Å². The zero-order valence-electron chi connectivity index (χ0n) is 23.4. The van der Waals surface area contributed by atoms with Crippen molar-refractivity contribution >= 4 is 82.1 Å². The van der Waals surface area contributed by atoms with E-state index >= 15 is 0 Å². The number of phenols is 2. The van der Waals surface area contributed by atoms with E-state index < -0.39 is 53.2 Å². The van der Waals surface area contributed by atoms with Crippen molar-refractivity contribution in [1.82, 2.24) is 0 Å². The van der Waals surface area contributed by atoms with Crippen LogP contribution in [0.15, 0.2) is 104 Å². The lowest BCUT2D eigenvalue weighted by atomic mass is 10.1. The van der Waals surface area contributed by atoms with Crippen LogP contribution < -0.4 is 10.6 Å². The number of aromatic hydroxyl groups is 2. The van der Waals surface area contributed by atoms with E-state index in [1.54, 1.807) is 0 Å². The monoisotopic (exact) mass is 665 g/mol. The highest BCUT2D eigenvalue weighted by Crippen LogP contribution is 2.42. The van der Waals surface area contributed by atoms with E-state index in [-0.39, 0.29) is 44.5 Å². The molecule has 17 heteroatoms. The number of phenolic OH excluding ortho intramolecular Hbond substituents is 2. The highest BCUT2D eigenvalue weighted by molar-refractivity contribution is 7.86. The Hall–Kier alpha value is -5.62. The van der Waals surface area contributed by atoms with Crippen molar-refractivity contribution in [3.05, 3.63) is 78.9 Å². The number of aliphatic hydroxyl groups excluding tert-OH is 1. The molecule has 0 saturated heterocycles. The lowest BCUT2D eigenvalue weighted by molar-refractivity contribution is 0.262. The van der Waals surface area contributed by atoms with Crippen molar-refractivity contribution in [2.24, 2.45) is 15.2 Å². The number of azo groups is 1. The lowest BCUT2D eigenvalue weighted by Crippen LogP contribution is -2.19. The topological polar surface area (TPSA) is 248 Å². The Morgan fingerprint density at radius 1 is 0.696 bits per heavy atom. The molecule has 0 aliphatic rings. The van der Waals surface area contributed by atoms with E-state index in [2.05, 4.69) is 25.9 Å². The number of carbonyl (C=O) groups is 1. The van der Waals surface area contributed by atoms with Gasteiger partial charge in [0.15, 0.2) is 11.6 Å². The number of rotatable bonds is 7. The van der Waals surface area contributed by atoms with Crippen molar-refractivity contribution in [3.8, 4) is 11.5 Å². The zero-order valence-corrected chi connectivity index (χ0v) is 25.1. The number of aliphatic hydroxyl groups is 1. The summed E-state index contributed by atoms with van der Waals surface area (Å²) in [6, 6.07) is 16.7. The predicted octanol–water partition coefficient (Wildman–Crippen LogP) is 6.56. The lowest BCUT2D eigenvalue weighted by Gasteiger charge is -2.12. The fourth-order valence-corrected chi connectivity index (χ4v) is 5.65. The van der Waals surface area contributed by atoms with E-state index in [1.807, 2.05) is 0 Å². The summed E-state index contributed by atoms with van der Waals surface area (Å²) in [5.74, 6) is -1.16. The minimum atomic E-state index is -4.91. The van der Waals surface area contributed by atoms with E-state index in [1.165, 1.54) is 67.6 Å². The third-order valence-corrected chi connectivity index (χ3v) is 8.15. The molecule has 5 aromatic carbocycles. The molecule has 236 valence electrons. The Bertz CT molecular complexity index is 2320. The third kappa shape index (κ3) is 7.02. The Balaban J connectivity index is 1.42. The molecule has 0 spiro atoms. The third-order valence-electron chi connectivity index (χ3n) is 6.45. The van der Waals surface area contributed by atoms with E-state index in [4.69, 9.17) is 0 Å². The molecule has 7 N–H and O–H groups in total. The highest BCUT2D eigenvalue weighted by Gasteiger charge is 2.22. The molecule has 0 bridgehead atoms. The molecule has 0 saturated carbocycles. The number of aliphatic imine (C=N–C) groups is 1. The van der Waals surface area contributed by atoms with Crippen molar-refractivity contribution < 1.29 is 46.1 Å². The molecule has 0 atom stereocenters. The number of nitrogens with zero attached hydrogens (tertiary/aromatic N) is 3. The second-order valence-corrected chi connectivity index (χ2v) is 12.6. The summed E-state index contributed by atoms with van der Waals surface area (Å²) in [7, 11) is -9.52. The molecular formula is C29H23N5O10S2. The Labute approximate surface area is 260 Å². The van der Waals surface area contributed by atoms with Crippen LogP contribution in [0.3, 0.4) is 0 Å². The maximum atomic E-state index is 12.7. The molecule has 5 aromatic rings. The van der Waals surface area contributed by atoms with Gasteiger partial charge in [0.2, 0.25) is 0 Å². The summed E-state index contributed by atoms with van der Waals surface area (Å²) in [6.45, 7) is 1.40. The van der Waals surface area contributed by atoms with Crippen LogP contribution in [0.25, 0.3) is 21.5 Å². The fourth-order valence-electron chi connectivity index (χ4n) is 4.45. The van der Waals surface area contributed by atoms with Crippen LogP contribution in [0.1, 0.15) is 6.92 Å². The van der Waals surface area contributed by atoms with Crippen LogP contribution in [0.4, 0.5) is 33.2 Å².